The van der Waals surface area contributed by atoms with E-state index in [1.54, 1.807) is 0 Å². The number of hydrogen-bond donors (Lipinski definition) is 1. The monoisotopic (exact) mass is 295 g/mol. The second-order valence-electron chi connectivity index (χ2n) is 4.97. The number of rotatable bonds is 4. The van der Waals surface area contributed by atoms with E-state index in [4.69, 9.17) is 16.3 Å². The molecule has 108 valence electrons. The molecule has 1 aromatic heterocycles. The molecule has 1 aromatic rings. The molecule has 5 nitrogen and oxygen atoms in total. The number of nitriles is 1. The summed E-state index contributed by atoms with van der Waals surface area (Å²) in [5.41, 5.74) is 2.36. The normalized spacial score (nSPS) is 18.0. The number of carbonyl (C=O) groups is 1. The van der Waals surface area contributed by atoms with Gasteiger partial charge in [-0.1, -0.05) is 0 Å². The van der Waals surface area contributed by atoms with Gasteiger partial charge in [-0.15, -0.1) is 11.6 Å². The third-order valence-electron chi connectivity index (χ3n) is 3.73. The lowest BCUT2D eigenvalue weighted by atomic mass is 10.2. The van der Waals surface area contributed by atoms with E-state index in [9.17, 15) is 10.1 Å². The number of alkyl halides is 1. The molecule has 0 aliphatic carbocycles. The second-order valence-corrected chi connectivity index (χ2v) is 5.24. The molecule has 0 unspecified atom stereocenters. The molecule has 0 aromatic carbocycles. The van der Waals surface area contributed by atoms with Gasteiger partial charge in [0.1, 0.15) is 17.8 Å². The highest BCUT2D eigenvalue weighted by molar-refractivity contribution is 6.29. The van der Waals surface area contributed by atoms with E-state index < -0.39 is 0 Å². The van der Waals surface area contributed by atoms with Crippen molar-refractivity contribution in [1.29, 1.82) is 5.26 Å². The third-order valence-corrected chi connectivity index (χ3v) is 3.97. The summed E-state index contributed by atoms with van der Waals surface area (Å²) in [6.07, 6.45) is 2.19. The lowest BCUT2D eigenvalue weighted by molar-refractivity contribution is -0.114. The molecule has 0 spiro atoms. The SMILES string of the molecule is Cc1c(C#N)c(NC(=O)CCl)n(C[C@@H]2CCCO2)c1C. The van der Waals surface area contributed by atoms with Crippen LogP contribution >= 0.6 is 11.6 Å². The van der Waals surface area contributed by atoms with Gasteiger partial charge in [0, 0.05) is 12.3 Å². The Labute approximate surface area is 123 Å². The zero-order chi connectivity index (χ0) is 14.7. The topological polar surface area (TPSA) is 67.0 Å². The van der Waals surface area contributed by atoms with Gasteiger partial charge in [-0.25, -0.2) is 0 Å². The van der Waals surface area contributed by atoms with Crippen molar-refractivity contribution in [3.8, 4) is 6.07 Å². The van der Waals surface area contributed by atoms with Gasteiger partial charge >= 0.3 is 0 Å². The number of hydrogen-bond acceptors (Lipinski definition) is 3. The quantitative estimate of drug-likeness (QED) is 0.867. The van der Waals surface area contributed by atoms with Gasteiger partial charge < -0.3 is 14.6 Å². The number of ether oxygens (including phenoxy) is 1. The molecule has 1 atom stereocenters. The molecule has 0 bridgehead atoms. The smallest absolute Gasteiger partial charge is 0.240 e. The van der Waals surface area contributed by atoms with Crippen molar-refractivity contribution in [3.05, 3.63) is 16.8 Å². The van der Waals surface area contributed by atoms with Gasteiger partial charge in [0.25, 0.3) is 0 Å². The fourth-order valence-electron chi connectivity index (χ4n) is 2.52. The van der Waals surface area contributed by atoms with E-state index in [2.05, 4.69) is 11.4 Å². The van der Waals surface area contributed by atoms with Crippen LogP contribution in [0.2, 0.25) is 0 Å². The van der Waals surface area contributed by atoms with Gasteiger partial charge in [-0.3, -0.25) is 4.79 Å². The van der Waals surface area contributed by atoms with Crippen molar-refractivity contribution in [2.45, 2.75) is 39.3 Å². The summed E-state index contributed by atoms with van der Waals surface area (Å²) in [6, 6.07) is 2.16. The number of halogens is 1. The van der Waals surface area contributed by atoms with Crippen LogP contribution in [0.1, 0.15) is 29.7 Å². The summed E-state index contributed by atoms with van der Waals surface area (Å²) in [5, 5.41) is 12.0. The minimum absolute atomic E-state index is 0.131. The van der Waals surface area contributed by atoms with Gasteiger partial charge in [0.2, 0.25) is 5.91 Å². The Balaban J connectivity index is 2.36. The molecule has 0 saturated carbocycles. The van der Waals surface area contributed by atoms with E-state index in [0.717, 1.165) is 30.7 Å². The Morgan fingerprint density at radius 3 is 2.90 bits per heavy atom. The Kier molecular flexibility index (Phi) is 4.69. The molecule has 6 heteroatoms. The van der Waals surface area contributed by atoms with Crippen molar-refractivity contribution in [2.75, 3.05) is 17.8 Å². The van der Waals surface area contributed by atoms with E-state index >= 15 is 0 Å². The highest BCUT2D eigenvalue weighted by Crippen LogP contribution is 2.28. The first-order valence-corrected chi connectivity index (χ1v) is 7.19. The number of nitrogens with one attached hydrogen (secondary N) is 1. The van der Waals surface area contributed by atoms with Crippen LogP contribution in [0, 0.1) is 25.2 Å². The van der Waals surface area contributed by atoms with Gasteiger partial charge in [-0.05, 0) is 32.3 Å². The molecule has 2 heterocycles. The number of aromatic nitrogens is 1. The van der Waals surface area contributed by atoms with Crippen LogP contribution in [0.3, 0.4) is 0 Å². The molecule has 1 N–H and O–H groups in total. The summed E-state index contributed by atoms with van der Waals surface area (Å²) in [7, 11) is 0. The summed E-state index contributed by atoms with van der Waals surface area (Å²) < 4.78 is 7.59. The van der Waals surface area contributed by atoms with Crippen LogP contribution in [0.25, 0.3) is 0 Å². The molecule has 1 aliphatic heterocycles. The first kappa shape index (κ1) is 14.9. The van der Waals surface area contributed by atoms with Gasteiger partial charge in [-0.2, -0.15) is 5.26 Å². The van der Waals surface area contributed by atoms with Crippen molar-refractivity contribution in [1.82, 2.24) is 4.57 Å². The molecule has 1 amide bonds. The molecule has 20 heavy (non-hydrogen) atoms. The van der Waals surface area contributed by atoms with Crippen molar-refractivity contribution in [2.24, 2.45) is 0 Å². The molecular formula is C14H18ClN3O2. The maximum atomic E-state index is 11.6. The molecule has 2 rings (SSSR count). The predicted octanol–water partition coefficient (Wildman–Crippen LogP) is 2.33. The van der Waals surface area contributed by atoms with Crippen LogP contribution in [-0.4, -0.2) is 29.1 Å². The third kappa shape index (κ3) is 2.82. The van der Waals surface area contributed by atoms with Crippen LogP contribution in [0.15, 0.2) is 0 Å². The second kappa shape index (κ2) is 6.29. The molecule has 1 aliphatic rings. The first-order chi connectivity index (χ1) is 9.58. The Hall–Kier alpha value is -1.51. The lowest BCUT2D eigenvalue weighted by Gasteiger charge is -2.16. The number of anilines is 1. The molecule has 0 radical (unpaired) electrons. The van der Waals surface area contributed by atoms with Crippen LogP contribution in [0.4, 0.5) is 5.82 Å². The lowest BCUT2D eigenvalue weighted by Crippen LogP contribution is -2.21. The molecule has 1 fully saturated rings. The summed E-state index contributed by atoms with van der Waals surface area (Å²) in [5.74, 6) is 0.0894. The zero-order valence-corrected chi connectivity index (χ0v) is 12.5. The van der Waals surface area contributed by atoms with Gasteiger partial charge in [0.15, 0.2) is 0 Å². The van der Waals surface area contributed by atoms with Crippen molar-refractivity contribution < 1.29 is 9.53 Å². The van der Waals surface area contributed by atoms with Crippen LogP contribution < -0.4 is 5.32 Å². The standard InChI is InChI=1S/C14H18ClN3O2/c1-9-10(2)18(8-11-4-3-5-20-11)14(12(9)7-16)17-13(19)6-15/h11H,3-6,8H2,1-2H3,(H,17,19)/t11-/m0/s1. The summed E-state index contributed by atoms with van der Waals surface area (Å²) >= 11 is 5.54. The molecular weight excluding hydrogens is 278 g/mol. The van der Waals surface area contributed by atoms with E-state index in [1.165, 1.54) is 0 Å². The highest BCUT2D eigenvalue weighted by Gasteiger charge is 2.23. The van der Waals surface area contributed by atoms with E-state index in [-0.39, 0.29) is 17.9 Å². The van der Waals surface area contributed by atoms with Crippen molar-refractivity contribution >= 4 is 23.3 Å². The zero-order valence-electron chi connectivity index (χ0n) is 11.7. The van der Waals surface area contributed by atoms with E-state index in [1.807, 2.05) is 18.4 Å². The van der Waals surface area contributed by atoms with Crippen molar-refractivity contribution in [3.63, 3.8) is 0 Å². The summed E-state index contributed by atoms with van der Waals surface area (Å²) in [6.45, 7) is 5.25. The largest absolute Gasteiger partial charge is 0.376 e. The fraction of sp³-hybridized carbons (Fsp3) is 0.571. The van der Waals surface area contributed by atoms with Gasteiger partial charge in [0.05, 0.1) is 18.2 Å². The average Bonchev–Trinajstić information content (AvgIpc) is 3.02. The Morgan fingerprint density at radius 2 is 2.35 bits per heavy atom. The number of carbonyl (C=O) groups excluding carboxylic acids is 1. The van der Waals surface area contributed by atoms with E-state index in [0.29, 0.717) is 17.9 Å². The Bertz CT molecular complexity index is 554. The predicted molar refractivity (Wildman–Crippen MR) is 76.9 cm³/mol. The Morgan fingerprint density at radius 1 is 1.60 bits per heavy atom. The maximum Gasteiger partial charge on any atom is 0.240 e. The fourth-order valence-corrected chi connectivity index (χ4v) is 2.58. The maximum absolute atomic E-state index is 11.6. The number of nitrogens with zero attached hydrogens (tertiary/aromatic N) is 2. The summed E-state index contributed by atoms with van der Waals surface area (Å²) in [4.78, 5) is 11.6. The molecule has 1 saturated heterocycles. The van der Waals surface area contributed by atoms with Crippen LogP contribution in [-0.2, 0) is 16.1 Å². The average molecular weight is 296 g/mol. The number of amides is 1. The first-order valence-electron chi connectivity index (χ1n) is 6.65. The van der Waals surface area contributed by atoms with Crippen LogP contribution in [0.5, 0.6) is 0 Å². The minimum atomic E-state index is -0.311. The highest BCUT2D eigenvalue weighted by atomic mass is 35.5. The minimum Gasteiger partial charge on any atom is -0.376 e.